The number of anilines is 1. The molecular formula is C37H40N6O4S. The first kappa shape index (κ1) is 31.0. The van der Waals surface area contributed by atoms with Crippen LogP contribution in [0.25, 0.3) is 21.3 Å². The molecule has 0 spiro atoms. The Kier molecular flexibility index (Phi) is 7.20. The maximum Gasteiger partial charge on any atom is 0.410 e. The Labute approximate surface area is 283 Å². The standard InChI is InChI=1S/C37H40N6O4S/c1-36(2,3)47-35(46)42-18-24(13-25(42)20-44)41-17-22-11-28(22)30-10-21(15-38)9-29(33(30)41)27-5-8-39-31-14-26(48-34(27)31)19-43-32(45)12-23(16-40-43)37(4)6-7-37/h5,8-10,12,14,16,22,24-25,28,44H,6-7,11,13,17-20H2,1-4H3/t22-,24+,25-,28-/m1/s1. The minimum Gasteiger partial charge on any atom is -0.444 e. The van der Waals surface area contributed by atoms with Crippen LogP contribution in [-0.4, -0.2) is 68.2 Å². The number of benzene rings is 1. The van der Waals surface area contributed by atoms with Crippen molar-refractivity contribution in [1.29, 1.82) is 5.26 Å². The lowest BCUT2D eigenvalue weighted by molar-refractivity contribution is 0.0174. The third-order valence-electron chi connectivity index (χ3n) is 10.6. The highest BCUT2D eigenvalue weighted by Crippen LogP contribution is 2.58. The molecule has 1 aromatic carbocycles. The highest BCUT2D eigenvalue weighted by molar-refractivity contribution is 7.19. The summed E-state index contributed by atoms with van der Waals surface area (Å²) in [5.74, 6) is 0.892. The molecule has 4 aliphatic rings. The van der Waals surface area contributed by atoms with Crippen molar-refractivity contribution in [3.8, 4) is 17.2 Å². The molecule has 0 unspecified atom stereocenters. The van der Waals surface area contributed by atoms with Crippen molar-refractivity contribution < 1.29 is 14.6 Å². The number of aliphatic hydroxyl groups excluding tert-OH is 1. The lowest BCUT2D eigenvalue weighted by atomic mass is 9.90. The van der Waals surface area contributed by atoms with Crippen molar-refractivity contribution in [2.24, 2.45) is 5.92 Å². The number of nitriles is 1. The van der Waals surface area contributed by atoms with Gasteiger partial charge in [-0.2, -0.15) is 10.4 Å². The van der Waals surface area contributed by atoms with Crippen LogP contribution in [-0.2, 0) is 16.7 Å². The van der Waals surface area contributed by atoms with E-state index in [0.29, 0.717) is 36.9 Å². The Morgan fingerprint density at radius 1 is 1.17 bits per heavy atom. The summed E-state index contributed by atoms with van der Waals surface area (Å²) in [7, 11) is 0. The second-order valence-electron chi connectivity index (χ2n) is 15.3. The molecule has 10 nitrogen and oxygen atoms in total. The Balaban J connectivity index is 1.17. The number of carbonyl (C=O) groups is 1. The molecule has 1 N–H and O–H groups in total. The van der Waals surface area contributed by atoms with Gasteiger partial charge in [0.05, 0.1) is 47.2 Å². The van der Waals surface area contributed by atoms with E-state index in [0.717, 1.165) is 63.3 Å². The van der Waals surface area contributed by atoms with Crippen LogP contribution in [0.1, 0.15) is 80.9 Å². The van der Waals surface area contributed by atoms with Gasteiger partial charge in [-0.3, -0.25) is 9.78 Å². The molecule has 0 bridgehead atoms. The zero-order valence-electron chi connectivity index (χ0n) is 27.8. The van der Waals surface area contributed by atoms with E-state index in [1.807, 2.05) is 57.4 Å². The quantitative estimate of drug-likeness (QED) is 0.275. The van der Waals surface area contributed by atoms with Crippen LogP contribution in [0.4, 0.5) is 10.5 Å². The lowest BCUT2D eigenvalue weighted by Gasteiger charge is -2.38. The van der Waals surface area contributed by atoms with Crippen LogP contribution < -0.4 is 10.5 Å². The minimum atomic E-state index is -0.635. The maximum atomic E-state index is 13.2. The van der Waals surface area contributed by atoms with E-state index in [1.54, 1.807) is 22.3 Å². The number of rotatable bonds is 6. The topological polar surface area (TPSA) is 125 Å². The first-order valence-electron chi connectivity index (χ1n) is 16.9. The van der Waals surface area contributed by atoms with Gasteiger partial charge in [0.2, 0.25) is 0 Å². The van der Waals surface area contributed by atoms with Crippen LogP contribution >= 0.6 is 11.3 Å². The van der Waals surface area contributed by atoms with E-state index in [9.17, 15) is 20.0 Å². The molecule has 3 aromatic heterocycles. The number of likely N-dealkylation sites (tertiary alicyclic amines) is 1. The smallest absolute Gasteiger partial charge is 0.410 e. The molecule has 248 valence electrons. The van der Waals surface area contributed by atoms with Crippen LogP contribution in [0.5, 0.6) is 0 Å². The molecule has 8 rings (SSSR count). The molecule has 3 fully saturated rings. The van der Waals surface area contributed by atoms with Crippen molar-refractivity contribution in [3.05, 3.63) is 74.6 Å². The Bertz CT molecular complexity index is 2050. The van der Waals surface area contributed by atoms with E-state index in [1.165, 1.54) is 10.2 Å². The second-order valence-corrected chi connectivity index (χ2v) is 16.4. The number of aromatic nitrogens is 3. The van der Waals surface area contributed by atoms with Gasteiger partial charge in [-0.15, -0.1) is 11.3 Å². The number of fused-ring (bicyclic) bond motifs is 4. The number of aliphatic hydroxyl groups is 1. The van der Waals surface area contributed by atoms with Crippen molar-refractivity contribution in [1.82, 2.24) is 19.7 Å². The van der Waals surface area contributed by atoms with Gasteiger partial charge in [0.1, 0.15) is 5.60 Å². The minimum absolute atomic E-state index is 0.0169. The molecule has 2 aliphatic heterocycles. The molecule has 5 heterocycles. The molecule has 1 saturated heterocycles. The second kappa shape index (κ2) is 11.1. The summed E-state index contributed by atoms with van der Waals surface area (Å²) in [5, 5.41) is 25.0. The summed E-state index contributed by atoms with van der Waals surface area (Å²) >= 11 is 1.60. The number of hydrogen-bond acceptors (Lipinski definition) is 9. The number of hydrogen-bond donors (Lipinski definition) is 1. The van der Waals surface area contributed by atoms with E-state index in [4.69, 9.17) is 9.72 Å². The highest BCUT2D eigenvalue weighted by Gasteiger charge is 2.50. The Morgan fingerprint density at radius 3 is 2.69 bits per heavy atom. The molecule has 48 heavy (non-hydrogen) atoms. The fourth-order valence-electron chi connectivity index (χ4n) is 7.65. The number of thiophene rings is 1. The largest absolute Gasteiger partial charge is 0.444 e. The fraction of sp³-hybridized carbons (Fsp3) is 0.486. The van der Waals surface area contributed by atoms with E-state index < -0.39 is 11.7 Å². The van der Waals surface area contributed by atoms with Crippen molar-refractivity contribution in [3.63, 3.8) is 0 Å². The zero-order chi connectivity index (χ0) is 33.5. The van der Waals surface area contributed by atoms with Gasteiger partial charge in [0.15, 0.2) is 0 Å². The molecule has 0 radical (unpaired) electrons. The average molecular weight is 665 g/mol. The predicted molar refractivity (Wildman–Crippen MR) is 184 cm³/mol. The summed E-state index contributed by atoms with van der Waals surface area (Å²) in [6, 6.07) is 11.9. The Morgan fingerprint density at radius 2 is 1.98 bits per heavy atom. The van der Waals surface area contributed by atoms with Gasteiger partial charge in [-0.05, 0) is 99.1 Å². The highest BCUT2D eigenvalue weighted by atomic mass is 32.1. The molecule has 1 amide bonds. The summed E-state index contributed by atoms with van der Waals surface area (Å²) in [5.41, 5.74) is 6.06. The molecule has 2 aliphatic carbocycles. The molecule has 2 saturated carbocycles. The third-order valence-corrected chi connectivity index (χ3v) is 11.7. The van der Waals surface area contributed by atoms with Gasteiger partial charge >= 0.3 is 6.09 Å². The number of carbonyl (C=O) groups excluding carboxylic acids is 1. The van der Waals surface area contributed by atoms with E-state index in [2.05, 4.69) is 23.0 Å². The van der Waals surface area contributed by atoms with Gasteiger partial charge in [-0.1, -0.05) is 6.92 Å². The SMILES string of the molecule is CC(C)(C)OC(=O)N1C[C@@H](N2C[C@H]3C[C@H]3c3cc(C#N)cc(-c4ccnc5cc(Cn6ncc(C7(C)CC7)cc6=O)sc45)c32)C[C@@H]1CO. The van der Waals surface area contributed by atoms with Crippen LogP contribution in [0.15, 0.2) is 47.5 Å². The van der Waals surface area contributed by atoms with E-state index in [-0.39, 0.29) is 29.7 Å². The number of amides is 1. The predicted octanol–water partition coefficient (Wildman–Crippen LogP) is 5.79. The number of ether oxygens (including phenoxy) is 1. The summed E-state index contributed by atoms with van der Waals surface area (Å²) in [6.07, 6.45) is 7.10. The van der Waals surface area contributed by atoms with Crippen LogP contribution in [0, 0.1) is 17.2 Å². The first-order chi connectivity index (χ1) is 22.9. The van der Waals surface area contributed by atoms with Gasteiger partial charge in [0, 0.05) is 53.1 Å². The van der Waals surface area contributed by atoms with Crippen LogP contribution in [0.3, 0.4) is 0 Å². The number of pyridine rings is 1. The first-order valence-corrected chi connectivity index (χ1v) is 17.7. The molecule has 11 heteroatoms. The average Bonchev–Trinajstić information content (AvgIpc) is 3.91. The molecular weight excluding hydrogens is 625 g/mol. The van der Waals surface area contributed by atoms with E-state index >= 15 is 0 Å². The van der Waals surface area contributed by atoms with Gasteiger partial charge in [-0.25, -0.2) is 9.48 Å². The van der Waals surface area contributed by atoms with Gasteiger partial charge in [0.25, 0.3) is 5.56 Å². The monoisotopic (exact) mass is 664 g/mol. The van der Waals surface area contributed by atoms with Crippen molar-refractivity contribution in [2.75, 3.05) is 24.6 Å². The van der Waals surface area contributed by atoms with Crippen molar-refractivity contribution >= 4 is 33.3 Å². The fourth-order valence-corrected chi connectivity index (χ4v) is 8.78. The molecule has 4 aromatic rings. The third kappa shape index (κ3) is 5.45. The normalized spacial score (nSPS) is 23.8. The lowest BCUT2D eigenvalue weighted by Crippen LogP contribution is -2.44. The maximum absolute atomic E-state index is 13.2. The summed E-state index contributed by atoms with van der Waals surface area (Å²) in [4.78, 5) is 36.0. The number of nitrogens with zero attached hydrogens (tertiary/aromatic N) is 6. The van der Waals surface area contributed by atoms with Gasteiger partial charge < -0.3 is 19.6 Å². The van der Waals surface area contributed by atoms with Crippen molar-refractivity contribution in [2.45, 2.75) is 88.9 Å². The Hall–Kier alpha value is -4.27. The molecule has 4 atom stereocenters. The van der Waals surface area contributed by atoms with Crippen LogP contribution in [0.2, 0.25) is 0 Å². The zero-order valence-corrected chi connectivity index (χ0v) is 28.6. The summed E-state index contributed by atoms with van der Waals surface area (Å²) in [6.45, 7) is 9.26. The summed E-state index contributed by atoms with van der Waals surface area (Å²) < 4.78 is 8.23.